The molecule has 3 nitrogen and oxygen atoms in total. The Bertz CT molecular complexity index is 3020. The molecule has 3 aromatic heterocycles. The minimum absolute atomic E-state index is 0.782. The van der Waals surface area contributed by atoms with Crippen molar-refractivity contribution in [1.82, 2.24) is 0 Å². The first kappa shape index (κ1) is 24.9. The van der Waals surface area contributed by atoms with E-state index in [1.54, 1.807) is 6.26 Å². The third-order valence-corrected chi connectivity index (χ3v) is 9.93. The largest absolute Gasteiger partial charge is 0.460 e. The van der Waals surface area contributed by atoms with E-state index in [2.05, 4.69) is 133 Å². The molecule has 11 rings (SSSR count). The summed E-state index contributed by atoms with van der Waals surface area (Å²) in [6.07, 6.45) is 1.73. The predicted octanol–water partition coefficient (Wildman–Crippen LogP) is 13.0. The van der Waals surface area contributed by atoms with Crippen LogP contribution in [0.4, 0.5) is 0 Å². The van der Waals surface area contributed by atoms with Crippen LogP contribution >= 0.6 is 0 Å². The molecule has 47 heavy (non-hydrogen) atoms. The van der Waals surface area contributed by atoms with E-state index in [9.17, 15) is 0 Å². The van der Waals surface area contributed by atoms with Crippen molar-refractivity contribution in [3.63, 3.8) is 0 Å². The molecule has 0 amide bonds. The second-order valence-electron chi connectivity index (χ2n) is 12.4. The van der Waals surface area contributed by atoms with E-state index in [0.29, 0.717) is 0 Å². The van der Waals surface area contributed by atoms with Gasteiger partial charge in [-0.25, -0.2) is 0 Å². The molecule has 3 heteroatoms. The molecular weight excluding hydrogens is 576 g/mol. The van der Waals surface area contributed by atoms with Crippen molar-refractivity contribution in [2.45, 2.75) is 0 Å². The summed E-state index contributed by atoms with van der Waals surface area (Å²) < 4.78 is 19.0. The summed E-state index contributed by atoms with van der Waals surface area (Å²) in [6, 6.07) is 49.6. The van der Waals surface area contributed by atoms with Gasteiger partial charge in [-0.05, 0) is 73.8 Å². The van der Waals surface area contributed by atoms with Crippen molar-refractivity contribution in [2.24, 2.45) is 0 Å². The summed E-state index contributed by atoms with van der Waals surface area (Å²) in [4.78, 5) is 0. The van der Waals surface area contributed by atoms with Crippen LogP contribution in [0, 0.1) is 0 Å². The van der Waals surface area contributed by atoms with Crippen LogP contribution in [0.5, 0.6) is 0 Å². The minimum atomic E-state index is 0.782. The minimum Gasteiger partial charge on any atom is -0.460 e. The Kier molecular flexibility index (Phi) is 4.84. The molecule has 218 valence electrons. The van der Waals surface area contributed by atoms with E-state index >= 15 is 0 Å². The van der Waals surface area contributed by atoms with Crippen molar-refractivity contribution < 1.29 is 13.3 Å². The van der Waals surface area contributed by atoms with Gasteiger partial charge >= 0.3 is 0 Å². The Morgan fingerprint density at radius 1 is 0.362 bits per heavy atom. The first-order chi connectivity index (χ1) is 23.3. The molecule has 11 aromatic rings. The molecule has 0 aliphatic heterocycles. The van der Waals surface area contributed by atoms with E-state index in [1.165, 1.54) is 43.4 Å². The second kappa shape index (κ2) is 9.12. The second-order valence-corrected chi connectivity index (χ2v) is 12.4. The van der Waals surface area contributed by atoms with Gasteiger partial charge in [0, 0.05) is 38.1 Å². The predicted molar refractivity (Wildman–Crippen MR) is 194 cm³/mol. The number of rotatable bonds is 2. The highest BCUT2D eigenvalue weighted by Gasteiger charge is 2.22. The molecule has 0 spiro atoms. The number of para-hydroxylation sites is 1. The number of furan rings is 3. The maximum absolute atomic E-state index is 6.73. The zero-order chi connectivity index (χ0) is 30.6. The lowest BCUT2D eigenvalue weighted by Gasteiger charge is -2.18. The summed E-state index contributed by atoms with van der Waals surface area (Å²) in [6.45, 7) is 0. The molecule has 0 aliphatic carbocycles. The fourth-order valence-electron chi connectivity index (χ4n) is 7.91. The van der Waals surface area contributed by atoms with Gasteiger partial charge in [-0.15, -0.1) is 0 Å². The fourth-order valence-corrected chi connectivity index (χ4v) is 7.91. The van der Waals surface area contributed by atoms with E-state index in [4.69, 9.17) is 13.3 Å². The van der Waals surface area contributed by atoms with Crippen molar-refractivity contribution >= 4 is 87.2 Å². The zero-order valence-corrected chi connectivity index (χ0v) is 25.1. The number of benzene rings is 8. The highest BCUT2D eigenvalue weighted by Crippen LogP contribution is 2.48. The highest BCUT2D eigenvalue weighted by molar-refractivity contribution is 6.26. The molecule has 0 radical (unpaired) electrons. The van der Waals surface area contributed by atoms with Gasteiger partial charge in [-0.1, -0.05) is 109 Å². The molecule has 8 aromatic carbocycles. The van der Waals surface area contributed by atoms with Crippen molar-refractivity contribution in [1.29, 1.82) is 0 Å². The lowest BCUT2D eigenvalue weighted by Crippen LogP contribution is -1.91. The van der Waals surface area contributed by atoms with Gasteiger partial charge in [0.1, 0.15) is 16.7 Å². The molecule has 0 atom stereocenters. The summed E-state index contributed by atoms with van der Waals surface area (Å²) in [5, 5.41) is 12.6. The average Bonchev–Trinajstić information content (AvgIpc) is 3.85. The van der Waals surface area contributed by atoms with E-state index in [0.717, 1.165) is 66.0 Å². The molecular formula is C44H24O3. The third-order valence-electron chi connectivity index (χ3n) is 9.93. The third kappa shape index (κ3) is 3.35. The van der Waals surface area contributed by atoms with Gasteiger partial charge in [0.2, 0.25) is 0 Å². The van der Waals surface area contributed by atoms with Gasteiger partial charge in [0.05, 0.1) is 6.26 Å². The van der Waals surface area contributed by atoms with Crippen LogP contribution < -0.4 is 0 Å². The van der Waals surface area contributed by atoms with Crippen LogP contribution in [0.15, 0.2) is 159 Å². The Labute approximate surface area is 267 Å². The van der Waals surface area contributed by atoms with E-state index < -0.39 is 0 Å². The topological polar surface area (TPSA) is 39.4 Å². The van der Waals surface area contributed by atoms with Crippen LogP contribution in [-0.4, -0.2) is 0 Å². The van der Waals surface area contributed by atoms with Crippen LogP contribution in [-0.2, 0) is 0 Å². The Morgan fingerprint density at radius 3 is 1.83 bits per heavy atom. The summed E-state index contributed by atoms with van der Waals surface area (Å²) in [7, 11) is 0. The maximum atomic E-state index is 6.73. The Morgan fingerprint density at radius 2 is 1.02 bits per heavy atom. The van der Waals surface area contributed by atoms with Gasteiger partial charge in [-0.2, -0.15) is 0 Å². The zero-order valence-electron chi connectivity index (χ0n) is 25.1. The van der Waals surface area contributed by atoms with Crippen LogP contribution in [0.3, 0.4) is 0 Å². The molecule has 0 saturated carbocycles. The smallest absolute Gasteiger partial charge is 0.178 e. The van der Waals surface area contributed by atoms with Crippen LogP contribution in [0.2, 0.25) is 0 Å². The molecule has 3 heterocycles. The van der Waals surface area contributed by atoms with Gasteiger partial charge < -0.3 is 13.3 Å². The lowest BCUT2D eigenvalue weighted by molar-refractivity contribution is 0.600. The summed E-state index contributed by atoms with van der Waals surface area (Å²) in [5.74, 6) is 0. The molecule has 0 unspecified atom stereocenters. The standard InChI is InChI=1S/C44H24O3/c1-2-9-28-25(8-1)17-21-38-41(28)36-24-27(18-20-37(36)46-38)39-29-10-3-5-12-31(29)40(32-13-6-4-11-30(32)39)35-15-7-14-33-34-19-16-26-22-23-45-42(26)44(34)47-43(33)35/h1-24H. The molecule has 0 aliphatic rings. The van der Waals surface area contributed by atoms with Gasteiger partial charge in [0.15, 0.2) is 11.2 Å². The van der Waals surface area contributed by atoms with Crippen LogP contribution in [0.25, 0.3) is 109 Å². The van der Waals surface area contributed by atoms with Crippen molar-refractivity contribution in [3.8, 4) is 22.3 Å². The van der Waals surface area contributed by atoms with E-state index in [1.807, 2.05) is 6.07 Å². The Balaban J connectivity index is 1.25. The van der Waals surface area contributed by atoms with Gasteiger partial charge in [0.25, 0.3) is 0 Å². The average molecular weight is 601 g/mol. The first-order valence-corrected chi connectivity index (χ1v) is 15.9. The first-order valence-electron chi connectivity index (χ1n) is 15.9. The van der Waals surface area contributed by atoms with Crippen LogP contribution in [0.1, 0.15) is 0 Å². The number of fused-ring (bicyclic) bond motifs is 12. The monoisotopic (exact) mass is 600 g/mol. The normalized spacial score (nSPS) is 12.3. The van der Waals surface area contributed by atoms with E-state index in [-0.39, 0.29) is 0 Å². The summed E-state index contributed by atoms with van der Waals surface area (Å²) in [5.41, 5.74) is 8.85. The Hall–Kier alpha value is -6.32. The molecule has 0 N–H and O–H groups in total. The molecule has 0 bridgehead atoms. The van der Waals surface area contributed by atoms with Crippen molar-refractivity contribution in [2.75, 3.05) is 0 Å². The fraction of sp³-hybridized carbons (Fsp3) is 0. The molecule has 0 saturated heterocycles. The summed E-state index contributed by atoms with van der Waals surface area (Å²) >= 11 is 0. The number of hydrogen-bond donors (Lipinski definition) is 0. The number of hydrogen-bond acceptors (Lipinski definition) is 3. The molecule has 0 fully saturated rings. The van der Waals surface area contributed by atoms with Gasteiger partial charge in [-0.3, -0.25) is 0 Å². The lowest BCUT2D eigenvalue weighted by atomic mass is 9.85. The highest BCUT2D eigenvalue weighted by atomic mass is 16.4. The maximum Gasteiger partial charge on any atom is 0.178 e. The quantitative estimate of drug-likeness (QED) is 0.185. The van der Waals surface area contributed by atoms with Crippen molar-refractivity contribution in [3.05, 3.63) is 146 Å². The SMILES string of the molecule is c1ccc2c(c1)ccc1oc3ccc(-c4c5ccccc5c(-c5cccc6c5oc5c6ccc6ccoc65)c5ccccc45)cc3c12.